The Hall–Kier alpha value is -1.36. The minimum atomic E-state index is -0.428. The summed E-state index contributed by atoms with van der Waals surface area (Å²) in [4.78, 5) is 3.11. The first-order valence-electron chi connectivity index (χ1n) is 4.29. The average molecular weight is 177 g/mol. The predicted octanol–water partition coefficient (Wildman–Crippen LogP) is 3.57. The van der Waals surface area contributed by atoms with Gasteiger partial charge in [0.15, 0.2) is 0 Å². The molecule has 1 aromatic rings. The van der Waals surface area contributed by atoms with Crippen molar-refractivity contribution < 1.29 is 4.39 Å². The lowest BCUT2D eigenvalue weighted by Crippen LogP contribution is -1.93. The number of rotatable bonds is 2. The van der Waals surface area contributed by atoms with E-state index >= 15 is 0 Å². The van der Waals surface area contributed by atoms with E-state index in [9.17, 15) is 4.39 Å². The van der Waals surface area contributed by atoms with E-state index < -0.39 is 5.82 Å². The molecule has 0 atom stereocenters. The van der Waals surface area contributed by atoms with Gasteiger partial charge in [0.25, 0.3) is 0 Å². The fourth-order valence-corrected chi connectivity index (χ4v) is 1.24. The highest BCUT2D eigenvalue weighted by Crippen LogP contribution is 2.20. The molecule has 1 aromatic carbocycles. The standard InChI is InChI=1S/C11H12FN/c1-8(2)6-9-4-5-10(12)11(7-9)13-3/h4-5,7-8H,6H2,1-2H3. The van der Waals surface area contributed by atoms with Gasteiger partial charge < -0.3 is 0 Å². The highest BCUT2D eigenvalue weighted by molar-refractivity contribution is 5.48. The maximum Gasteiger partial charge on any atom is 0.222 e. The molecule has 2 heteroatoms. The molecule has 1 rings (SSSR count). The molecule has 0 aliphatic carbocycles. The van der Waals surface area contributed by atoms with Crippen molar-refractivity contribution in [3.8, 4) is 0 Å². The minimum absolute atomic E-state index is 0.123. The summed E-state index contributed by atoms with van der Waals surface area (Å²) in [5, 5.41) is 0. The lowest BCUT2D eigenvalue weighted by atomic mass is 10.0. The largest absolute Gasteiger partial charge is 0.235 e. The zero-order valence-electron chi connectivity index (χ0n) is 7.84. The Morgan fingerprint density at radius 3 is 2.69 bits per heavy atom. The second-order valence-corrected chi connectivity index (χ2v) is 3.50. The fraction of sp³-hybridized carbons (Fsp3) is 0.364. The molecule has 0 aliphatic rings. The Morgan fingerprint density at radius 1 is 1.46 bits per heavy atom. The van der Waals surface area contributed by atoms with Crippen molar-refractivity contribution in [3.05, 3.63) is 41.0 Å². The van der Waals surface area contributed by atoms with Gasteiger partial charge >= 0.3 is 0 Å². The van der Waals surface area contributed by atoms with Crippen LogP contribution in [-0.2, 0) is 6.42 Å². The third kappa shape index (κ3) is 2.55. The first-order valence-corrected chi connectivity index (χ1v) is 4.29. The Balaban J connectivity index is 2.95. The molecule has 0 radical (unpaired) electrons. The zero-order chi connectivity index (χ0) is 9.84. The molecule has 0 N–H and O–H groups in total. The summed E-state index contributed by atoms with van der Waals surface area (Å²) in [5.74, 6) is 0.103. The third-order valence-corrected chi connectivity index (χ3v) is 1.77. The molecule has 0 fully saturated rings. The van der Waals surface area contributed by atoms with Crippen LogP contribution in [0.5, 0.6) is 0 Å². The van der Waals surface area contributed by atoms with Crippen molar-refractivity contribution in [2.24, 2.45) is 5.92 Å². The maximum absolute atomic E-state index is 12.9. The number of hydrogen-bond acceptors (Lipinski definition) is 0. The number of benzene rings is 1. The fourth-order valence-electron chi connectivity index (χ4n) is 1.24. The molecule has 1 nitrogen and oxygen atoms in total. The van der Waals surface area contributed by atoms with Crippen molar-refractivity contribution in [2.45, 2.75) is 20.3 Å². The highest BCUT2D eigenvalue weighted by Gasteiger charge is 2.03. The molecular formula is C11H12FN. The minimum Gasteiger partial charge on any atom is -0.235 e. The lowest BCUT2D eigenvalue weighted by Gasteiger charge is -2.05. The molecule has 0 heterocycles. The van der Waals surface area contributed by atoms with Crippen LogP contribution in [0.1, 0.15) is 19.4 Å². The number of nitrogens with zero attached hydrogens (tertiary/aromatic N) is 1. The summed E-state index contributed by atoms with van der Waals surface area (Å²) in [5.41, 5.74) is 1.15. The van der Waals surface area contributed by atoms with Crippen LogP contribution < -0.4 is 0 Å². The van der Waals surface area contributed by atoms with Gasteiger partial charge in [-0.3, -0.25) is 0 Å². The molecular weight excluding hydrogens is 165 g/mol. The van der Waals surface area contributed by atoms with E-state index in [0.717, 1.165) is 12.0 Å². The monoisotopic (exact) mass is 177 g/mol. The average Bonchev–Trinajstić information content (AvgIpc) is 2.07. The van der Waals surface area contributed by atoms with Gasteiger partial charge in [0.05, 0.1) is 6.57 Å². The summed E-state index contributed by atoms with van der Waals surface area (Å²) >= 11 is 0. The van der Waals surface area contributed by atoms with Crippen LogP contribution in [0, 0.1) is 18.3 Å². The van der Waals surface area contributed by atoms with E-state index in [1.165, 1.54) is 6.07 Å². The van der Waals surface area contributed by atoms with Gasteiger partial charge in [0.1, 0.15) is 5.82 Å². The summed E-state index contributed by atoms with van der Waals surface area (Å²) in [6.45, 7) is 10.9. The van der Waals surface area contributed by atoms with Gasteiger partial charge in [0.2, 0.25) is 5.69 Å². The van der Waals surface area contributed by atoms with Crippen molar-refractivity contribution in [1.82, 2.24) is 0 Å². The Bertz CT molecular complexity index is 336. The Morgan fingerprint density at radius 2 is 2.15 bits per heavy atom. The molecule has 0 aromatic heterocycles. The van der Waals surface area contributed by atoms with Gasteiger partial charge in [-0.1, -0.05) is 31.5 Å². The smallest absolute Gasteiger partial charge is 0.222 e. The predicted molar refractivity (Wildman–Crippen MR) is 51.2 cm³/mol. The summed E-state index contributed by atoms with van der Waals surface area (Å²) in [7, 11) is 0. The number of halogens is 1. The van der Waals surface area contributed by atoms with E-state index in [2.05, 4.69) is 18.7 Å². The van der Waals surface area contributed by atoms with E-state index in [1.54, 1.807) is 12.1 Å². The molecule has 0 amide bonds. The van der Waals surface area contributed by atoms with Crippen LogP contribution in [0.15, 0.2) is 18.2 Å². The van der Waals surface area contributed by atoms with Crippen LogP contribution in [0.25, 0.3) is 4.85 Å². The molecule has 0 unspecified atom stereocenters. The van der Waals surface area contributed by atoms with Gasteiger partial charge in [-0.25, -0.2) is 9.24 Å². The first-order chi connectivity index (χ1) is 6.13. The quantitative estimate of drug-likeness (QED) is 0.608. The van der Waals surface area contributed by atoms with Crippen LogP contribution in [0.4, 0.5) is 10.1 Å². The van der Waals surface area contributed by atoms with Crippen LogP contribution in [0.3, 0.4) is 0 Å². The second-order valence-electron chi connectivity index (χ2n) is 3.50. The van der Waals surface area contributed by atoms with Crippen LogP contribution in [0.2, 0.25) is 0 Å². The third-order valence-electron chi connectivity index (χ3n) is 1.77. The van der Waals surface area contributed by atoms with Crippen LogP contribution in [-0.4, -0.2) is 0 Å². The highest BCUT2D eigenvalue weighted by atomic mass is 19.1. The Labute approximate surface area is 78.0 Å². The van der Waals surface area contributed by atoms with Gasteiger partial charge in [-0.05, 0) is 18.4 Å². The molecule has 0 saturated carbocycles. The van der Waals surface area contributed by atoms with E-state index in [1.807, 2.05) is 0 Å². The molecule has 0 aliphatic heterocycles. The summed E-state index contributed by atoms with van der Waals surface area (Å²) in [6, 6.07) is 4.73. The molecule has 0 bridgehead atoms. The number of hydrogen-bond donors (Lipinski definition) is 0. The van der Waals surface area contributed by atoms with Gasteiger partial charge in [-0.15, -0.1) is 0 Å². The van der Waals surface area contributed by atoms with Gasteiger partial charge in [-0.2, -0.15) is 0 Å². The van der Waals surface area contributed by atoms with E-state index in [4.69, 9.17) is 6.57 Å². The Kier molecular flexibility index (Phi) is 3.02. The molecule has 13 heavy (non-hydrogen) atoms. The van der Waals surface area contributed by atoms with Crippen LogP contribution >= 0.6 is 0 Å². The normalized spacial score (nSPS) is 10.1. The van der Waals surface area contributed by atoms with E-state index in [-0.39, 0.29) is 5.69 Å². The topological polar surface area (TPSA) is 4.36 Å². The maximum atomic E-state index is 12.9. The van der Waals surface area contributed by atoms with Crippen molar-refractivity contribution in [3.63, 3.8) is 0 Å². The zero-order valence-corrected chi connectivity index (χ0v) is 7.84. The van der Waals surface area contributed by atoms with Crippen molar-refractivity contribution >= 4 is 5.69 Å². The van der Waals surface area contributed by atoms with E-state index in [0.29, 0.717) is 5.92 Å². The first kappa shape index (κ1) is 9.73. The SMILES string of the molecule is [C-]#[N+]c1cc(CC(C)C)ccc1F. The summed E-state index contributed by atoms with van der Waals surface area (Å²) < 4.78 is 12.9. The molecule has 0 spiro atoms. The molecule has 0 saturated heterocycles. The van der Waals surface area contributed by atoms with Gasteiger partial charge in [0, 0.05) is 0 Å². The lowest BCUT2D eigenvalue weighted by molar-refractivity contribution is 0.625. The molecule has 68 valence electrons. The van der Waals surface area contributed by atoms with Crippen molar-refractivity contribution in [2.75, 3.05) is 0 Å². The summed E-state index contributed by atoms with van der Waals surface area (Å²) in [6.07, 6.45) is 0.892. The second kappa shape index (κ2) is 4.04. The van der Waals surface area contributed by atoms with Crippen molar-refractivity contribution in [1.29, 1.82) is 0 Å².